The zero-order chi connectivity index (χ0) is 20.8. The summed E-state index contributed by atoms with van der Waals surface area (Å²) in [5, 5.41) is 7.92. The van der Waals surface area contributed by atoms with Gasteiger partial charge in [-0.15, -0.1) is 0 Å². The third-order valence-corrected chi connectivity index (χ3v) is 3.19. The van der Waals surface area contributed by atoms with Crippen LogP contribution in [0.25, 0.3) is 0 Å². The van der Waals surface area contributed by atoms with Crippen LogP contribution in [0.4, 0.5) is 18.9 Å². The number of rotatable bonds is 5. The number of amides is 3. The molecule has 0 saturated heterocycles. The van der Waals surface area contributed by atoms with E-state index < -0.39 is 41.6 Å². The van der Waals surface area contributed by atoms with Gasteiger partial charge < -0.3 is 10.6 Å². The highest BCUT2D eigenvalue weighted by Crippen LogP contribution is 2.36. The van der Waals surface area contributed by atoms with E-state index in [2.05, 4.69) is 15.7 Å². The first kappa shape index (κ1) is 22.4. The summed E-state index contributed by atoms with van der Waals surface area (Å²) < 4.78 is 39.0. The van der Waals surface area contributed by atoms with Crippen molar-refractivity contribution >= 4 is 40.7 Å². The molecule has 0 bridgehead atoms. The lowest BCUT2D eigenvalue weighted by molar-refractivity contribution is -0.139. The van der Waals surface area contributed by atoms with Crippen molar-refractivity contribution < 1.29 is 27.6 Å². The van der Waals surface area contributed by atoms with Gasteiger partial charge in [0, 0.05) is 16.8 Å². The molecule has 0 aromatic heterocycles. The van der Waals surface area contributed by atoms with Crippen LogP contribution in [0.2, 0.25) is 5.02 Å². The molecule has 1 rings (SSSR count). The number of nitrogens with zero attached hydrogens (tertiary/aromatic N) is 1. The quantitative estimate of drug-likeness (QED) is 0.398. The molecule has 0 aliphatic carbocycles. The number of hydrazone groups is 1. The molecule has 0 radical (unpaired) electrons. The van der Waals surface area contributed by atoms with Crippen LogP contribution in [0, 0.1) is 0 Å². The van der Waals surface area contributed by atoms with Gasteiger partial charge in [-0.2, -0.15) is 18.3 Å². The molecule has 1 aromatic carbocycles. The van der Waals surface area contributed by atoms with Gasteiger partial charge in [0.15, 0.2) is 0 Å². The van der Waals surface area contributed by atoms with E-state index in [1.165, 1.54) is 13.0 Å². The Labute approximate surface area is 158 Å². The number of alkyl halides is 3. The fourth-order valence-electron chi connectivity index (χ4n) is 1.85. The Kier molecular flexibility index (Phi) is 7.77. The lowest BCUT2D eigenvalue weighted by atomic mass is 10.1. The second-order valence-corrected chi connectivity index (χ2v) is 6.27. The molecule has 3 amide bonds. The summed E-state index contributed by atoms with van der Waals surface area (Å²) >= 11 is 5.57. The van der Waals surface area contributed by atoms with Gasteiger partial charge in [0.25, 0.3) is 0 Å². The molecule has 0 saturated carbocycles. The molecule has 0 aliphatic rings. The summed E-state index contributed by atoms with van der Waals surface area (Å²) in [6.07, 6.45) is -5.10. The molecule has 0 aliphatic heterocycles. The Morgan fingerprint density at radius 3 is 2.37 bits per heavy atom. The lowest BCUT2D eigenvalue weighted by Gasteiger charge is -2.14. The summed E-state index contributed by atoms with van der Waals surface area (Å²) in [6.45, 7) is 4.69. The molecule has 7 nitrogen and oxygen atoms in total. The van der Waals surface area contributed by atoms with Gasteiger partial charge >= 0.3 is 18.0 Å². The highest BCUT2D eigenvalue weighted by atomic mass is 35.5. The minimum Gasteiger partial charge on any atom is -0.346 e. The minimum absolute atomic E-state index is 0.0840. The third kappa shape index (κ3) is 7.65. The highest BCUT2D eigenvalue weighted by molar-refractivity contribution is 6.35. The van der Waals surface area contributed by atoms with Crippen LogP contribution in [-0.2, 0) is 20.6 Å². The molecule has 1 aromatic rings. The molecule has 0 spiro atoms. The van der Waals surface area contributed by atoms with Crippen LogP contribution >= 0.6 is 11.6 Å². The Morgan fingerprint density at radius 1 is 1.19 bits per heavy atom. The van der Waals surface area contributed by atoms with Crippen LogP contribution in [-0.4, -0.2) is 29.5 Å². The van der Waals surface area contributed by atoms with E-state index in [1.807, 2.05) is 5.43 Å². The fraction of sp³-hybridized carbons (Fsp3) is 0.375. The second-order valence-electron chi connectivity index (χ2n) is 5.83. The fourth-order valence-corrected chi connectivity index (χ4v) is 2.02. The number of halogens is 4. The van der Waals surface area contributed by atoms with Crippen molar-refractivity contribution in [3.63, 3.8) is 0 Å². The van der Waals surface area contributed by atoms with E-state index in [-0.39, 0.29) is 16.8 Å². The normalized spacial score (nSPS) is 11.9. The van der Waals surface area contributed by atoms with E-state index in [1.54, 1.807) is 13.8 Å². The predicted octanol–water partition coefficient (Wildman–Crippen LogP) is 2.70. The van der Waals surface area contributed by atoms with Gasteiger partial charge in [-0.3, -0.25) is 14.4 Å². The van der Waals surface area contributed by atoms with Gasteiger partial charge in [0.1, 0.15) is 0 Å². The zero-order valence-corrected chi connectivity index (χ0v) is 15.5. The number of benzene rings is 1. The second kappa shape index (κ2) is 9.36. The van der Waals surface area contributed by atoms with Crippen LogP contribution in [0.5, 0.6) is 0 Å². The van der Waals surface area contributed by atoms with Crippen LogP contribution in [0.3, 0.4) is 0 Å². The number of hydrogen-bond acceptors (Lipinski definition) is 4. The summed E-state index contributed by atoms with van der Waals surface area (Å²) in [4.78, 5) is 34.8. The topological polar surface area (TPSA) is 99.7 Å². The monoisotopic (exact) mass is 406 g/mol. The van der Waals surface area contributed by atoms with Crippen molar-refractivity contribution in [2.24, 2.45) is 5.10 Å². The first-order valence-corrected chi connectivity index (χ1v) is 8.08. The first-order valence-electron chi connectivity index (χ1n) is 7.70. The van der Waals surface area contributed by atoms with Gasteiger partial charge in [-0.1, -0.05) is 11.6 Å². The zero-order valence-electron chi connectivity index (χ0n) is 14.7. The molecule has 11 heteroatoms. The van der Waals surface area contributed by atoms with E-state index in [0.29, 0.717) is 6.07 Å². The number of carbonyl (C=O) groups excluding carboxylic acids is 3. The maximum Gasteiger partial charge on any atom is 0.418 e. The number of nitrogens with one attached hydrogen (secondary N) is 3. The Bertz CT molecular complexity index is 764. The molecule has 0 atom stereocenters. The maximum atomic E-state index is 13.0. The highest BCUT2D eigenvalue weighted by Gasteiger charge is 2.34. The van der Waals surface area contributed by atoms with Crippen molar-refractivity contribution in [3.05, 3.63) is 28.8 Å². The SMILES string of the molecule is CC(CC(=O)Nc1ccc(Cl)cc1C(F)(F)F)=NNC(=O)C(=O)NC(C)C. The van der Waals surface area contributed by atoms with Crippen molar-refractivity contribution in [1.29, 1.82) is 0 Å². The van der Waals surface area contributed by atoms with Crippen LogP contribution < -0.4 is 16.1 Å². The van der Waals surface area contributed by atoms with Crippen LogP contribution in [0.15, 0.2) is 23.3 Å². The average molecular weight is 407 g/mol. The van der Waals surface area contributed by atoms with Gasteiger partial charge in [0.2, 0.25) is 5.91 Å². The van der Waals surface area contributed by atoms with Crippen molar-refractivity contribution in [2.45, 2.75) is 39.4 Å². The van der Waals surface area contributed by atoms with Gasteiger partial charge in [-0.25, -0.2) is 5.43 Å². The molecule has 0 unspecified atom stereocenters. The molecule has 0 fully saturated rings. The lowest BCUT2D eigenvalue weighted by Crippen LogP contribution is -2.41. The summed E-state index contributed by atoms with van der Waals surface area (Å²) in [7, 11) is 0. The number of carbonyl (C=O) groups is 3. The predicted molar refractivity (Wildman–Crippen MR) is 94.2 cm³/mol. The average Bonchev–Trinajstić information content (AvgIpc) is 2.52. The molecule has 27 heavy (non-hydrogen) atoms. The van der Waals surface area contributed by atoms with Crippen molar-refractivity contribution in [3.8, 4) is 0 Å². The van der Waals surface area contributed by atoms with Gasteiger partial charge in [-0.05, 0) is 39.0 Å². The summed E-state index contributed by atoms with van der Waals surface area (Å²) in [5.74, 6) is -2.72. The third-order valence-electron chi connectivity index (χ3n) is 2.95. The first-order chi connectivity index (χ1) is 12.4. The Hall–Kier alpha value is -2.62. The smallest absolute Gasteiger partial charge is 0.346 e. The van der Waals surface area contributed by atoms with Crippen molar-refractivity contribution in [2.75, 3.05) is 5.32 Å². The molecule has 3 N–H and O–H groups in total. The summed E-state index contributed by atoms with van der Waals surface area (Å²) in [6, 6.07) is 2.70. The van der Waals surface area contributed by atoms with Crippen molar-refractivity contribution in [1.82, 2.24) is 10.7 Å². The number of anilines is 1. The largest absolute Gasteiger partial charge is 0.418 e. The molecule has 148 valence electrons. The Morgan fingerprint density at radius 2 is 1.81 bits per heavy atom. The minimum atomic E-state index is -4.70. The van der Waals surface area contributed by atoms with Gasteiger partial charge in [0.05, 0.1) is 17.7 Å². The number of hydrogen-bond donors (Lipinski definition) is 3. The summed E-state index contributed by atoms with van der Waals surface area (Å²) in [5.41, 5.74) is 0.503. The molecule has 0 heterocycles. The Balaban J connectivity index is 2.72. The van der Waals surface area contributed by atoms with E-state index in [0.717, 1.165) is 6.07 Å². The van der Waals surface area contributed by atoms with E-state index in [4.69, 9.17) is 11.6 Å². The van der Waals surface area contributed by atoms with E-state index in [9.17, 15) is 27.6 Å². The van der Waals surface area contributed by atoms with Crippen LogP contribution in [0.1, 0.15) is 32.8 Å². The maximum absolute atomic E-state index is 13.0. The van der Waals surface area contributed by atoms with E-state index >= 15 is 0 Å². The standard InChI is InChI=1S/C16H18ClF3N4O3/c1-8(2)21-14(26)15(27)24-23-9(3)6-13(25)22-12-5-4-10(17)7-11(12)16(18,19)20/h4-5,7-8H,6H2,1-3H3,(H,21,26)(H,22,25)(H,24,27). The molecular weight excluding hydrogens is 389 g/mol. The molecular formula is C16H18ClF3N4O3.